The van der Waals surface area contributed by atoms with Crippen LogP contribution in [-0.4, -0.2) is 20.2 Å². The van der Waals surface area contributed by atoms with E-state index in [0.29, 0.717) is 12.1 Å². The maximum absolute atomic E-state index is 13.7. The number of benzene rings is 2. The molecule has 0 aromatic heterocycles. The van der Waals surface area contributed by atoms with Crippen molar-refractivity contribution >= 4 is 11.7 Å². The van der Waals surface area contributed by atoms with Crippen LogP contribution in [0.25, 0.3) is 0 Å². The van der Waals surface area contributed by atoms with Gasteiger partial charge >= 0.3 is 5.97 Å². The maximum Gasteiger partial charge on any atom is 0.337 e. The second kappa shape index (κ2) is 6.74. The fourth-order valence-electron chi connectivity index (χ4n) is 1.89. The Balaban J connectivity index is 2.13. The SMILES string of the molecule is COC(=O)c1ccc(F)c(NCc2cccc(OC)c2)c1. The first kappa shape index (κ1) is 14.8. The lowest BCUT2D eigenvalue weighted by Gasteiger charge is -2.10. The monoisotopic (exact) mass is 289 g/mol. The van der Waals surface area contributed by atoms with Gasteiger partial charge in [0.2, 0.25) is 0 Å². The summed E-state index contributed by atoms with van der Waals surface area (Å²) >= 11 is 0. The van der Waals surface area contributed by atoms with E-state index in [1.807, 2.05) is 24.3 Å². The van der Waals surface area contributed by atoms with Crippen molar-refractivity contribution in [1.82, 2.24) is 0 Å². The Kier molecular flexibility index (Phi) is 4.77. The maximum atomic E-state index is 13.7. The zero-order chi connectivity index (χ0) is 15.2. The summed E-state index contributed by atoms with van der Waals surface area (Å²) in [6.45, 7) is 0.415. The van der Waals surface area contributed by atoms with Gasteiger partial charge in [-0.1, -0.05) is 12.1 Å². The van der Waals surface area contributed by atoms with E-state index in [0.717, 1.165) is 11.3 Å². The Hall–Kier alpha value is -2.56. The first-order chi connectivity index (χ1) is 10.1. The zero-order valence-corrected chi connectivity index (χ0v) is 11.9. The third-order valence-corrected chi connectivity index (χ3v) is 3.00. The van der Waals surface area contributed by atoms with Crippen LogP contribution in [0.5, 0.6) is 5.75 Å². The van der Waals surface area contributed by atoms with Crippen molar-refractivity contribution in [2.24, 2.45) is 0 Å². The van der Waals surface area contributed by atoms with Gasteiger partial charge in [0.25, 0.3) is 0 Å². The number of halogens is 1. The van der Waals surface area contributed by atoms with Crippen molar-refractivity contribution in [2.75, 3.05) is 19.5 Å². The zero-order valence-electron chi connectivity index (χ0n) is 11.9. The number of rotatable bonds is 5. The molecule has 0 saturated heterocycles. The molecule has 0 atom stereocenters. The highest BCUT2D eigenvalue weighted by atomic mass is 19.1. The largest absolute Gasteiger partial charge is 0.497 e. The minimum absolute atomic E-state index is 0.251. The van der Waals surface area contributed by atoms with Gasteiger partial charge in [0.1, 0.15) is 11.6 Å². The van der Waals surface area contributed by atoms with Gasteiger partial charge in [-0.2, -0.15) is 0 Å². The van der Waals surface area contributed by atoms with E-state index in [9.17, 15) is 9.18 Å². The molecule has 0 bridgehead atoms. The third kappa shape index (κ3) is 3.72. The quantitative estimate of drug-likeness (QED) is 0.858. The van der Waals surface area contributed by atoms with Crippen LogP contribution in [0.1, 0.15) is 15.9 Å². The van der Waals surface area contributed by atoms with Crippen LogP contribution >= 0.6 is 0 Å². The minimum Gasteiger partial charge on any atom is -0.497 e. The van der Waals surface area contributed by atoms with Gasteiger partial charge in [-0.3, -0.25) is 0 Å². The summed E-state index contributed by atoms with van der Waals surface area (Å²) in [6.07, 6.45) is 0. The highest BCUT2D eigenvalue weighted by Gasteiger charge is 2.09. The normalized spacial score (nSPS) is 10.0. The van der Waals surface area contributed by atoms with Gasteiger partial charge < -0.3 is 14.8 Å². The number of hydrogen-bond acceptors (Lipinski definition) is 4. The van der Waals surface area contributed by atoms with Crippen molar-refractivity contribution in [1.29, 1.82) is 0 Å². The number of carbonyl (C=O) groups is 1. The second-order valence-corrected chi connectivity index (χ2v) is 4.39. The third-order valence-electron chi connectivity index (χ3n) is 3.00. The van der Waals surface area contributed by atoms with Gasteiger partial charge in [0.05, 0.1) is 25.5 Å². The minimum atomic E-state index is -0.501. The molecular formula is C16H16FNO3. The number of hydrogen-bond donors (Lipinski definition) is 1. The molecule has 0 spiro atoms. The van der Waals surface area contributed by atoms with Crippen molar-refractivity contribution in [2.45, 2.75) is 6.54 Å². The van der Waals surface area contributed by atoms with E-state index >= 15 is 0 Å². The summed E-state index contributed by atoms with van der Waals surface area (Å²) in [5.41, 5.74) is 1.49. The number of methoxy groups -OCH3 is 2. The smallest absolute Gasteiger partial charge is 0.337 e. The molecule has 0 unspecified atom stereocenters. The van der Waals surface area contributed by atoms with Crippen LogP contribution in [0.4, 0.5) is 10.1 Å². The van der Waals surface area contributed by atoms with E-state index in [1.54, 1.807) is 7.11 Å². The first-order valence-electron chi connectivity index (χ1n) is 6.38. The molecule has 0 saturated carbocycles. The Morgan fingerprint density at radius 3 is 2.71 bits per heavy atom. The fourth-order valence-corrected chi connectivity index (χ4v) is 1.89. The molecule has 2 aromatic rings. The molecule has 0 amide bonds. The number of carbonyl (C=O) groups excluding carboxylic acids is 1. The molecule has 0 aliphatic heterocycles. The lowest BCUT2D eigenvalue weighted by Crippen LogP contribution is -2.06. The predicted molar refractivity (Wildman–Crippen MR) is 78.1 cm³/mol. The summed E-state index contributed by atoms with van der Waals surface area (Å²) in [4.78, 5) is 11.4. The van der Waals surface area contributed by atoms with E-state index in [4.69, 9.17) is 4.74 Å². The highest BCUT2D eigenvalue weighted by molar-refractivity contribution is 5.90. The molecule has 1 N–H and O–H groups in total. The van der Waals surface area contributed by atoms with Gasteiger partial charge in [-0.05, 0) is 35.9 Å². The molecule has 0 heterocycles. The molecular weight excluding hydrogens is 273 g/mol. The molecule has 2 rings (SSSR count). The Bertz CT molecular complexity index is 643. The number of anilines is 1. The van der Waals surface area contributed by atoms with Crippen molar-refractivity contribution in [3.05, 3.63) is 59.4 Å². The number of esters is 1. The summed E-state index contributed by atoms with van der Waals surface area (Å²) in [5, 5.41) is 2.96. The molecule has 0 aliphatic carbocycles. The Morgan fingerprint density at radius 1 is 1.19 bits per heavy atom. The molecule has 0 aliphatic rings. The summed E-state index contributed by atoms with van der Waals surface area (Å²) in [6, 6.07) is 11.5. The van der Waals surface area contributed by atoms with E-state index in [1.165, 1.54) is 25.3 Å². The number of ether oxygens (including phenoxy) is 2. The molecule has 0 fully saturated rings. The Labute approximate surface area is 122 Å². The first-order valence-corrected chi connectivity index (χ1v) is 6.38. The molecule has 5 heteroatoms. The van der Waals surface area contributed by atoms with E-state index < -0.39 is 11.8 Å². The van der Waals surface area contributed by atoms with Crippen molar-refractivity contribution in [3.63, 3.8) is 0 Å². The second-order valence-electron chi connectivity index (χ2n) is 4.39. The molecule has 110 valence electrons. The molecule has 4 nitrogen and oxygen atoms in total. The van der Waals surface area contributed by atoms with Crippen molar-refractivity contribution < 1.29 is 18.7 Å². The average molecular weight is 289 g/mol. The molecule has 21 heavy (non-hydrogen) atoms. The van der Waals surface area contributed by atoms with Crippen LogP contribution in [0.15, 0.2) is 42.5 Å². The molecule has 0 radical (unpaired) electrons. The van der Waals surface area contributed by atoms with Gasteiger partial charge in [0, 0.05) is 6.54 Å². The van der Waals surface area contributed by atoms with Crippen LogP contribution < -0.4 is 10.1 Å². The van der Waals surface area contributed by atoms with E-state index in [2.05, 4.69) is 10.1 Å². The number of nitrogens with one attached hydrogen (secondary N) is 1. The van der Waals surface area contributed by atoms with Gasteiger partial charge in [-0.15, -0.1) is 0 Å². The molecule has 2 aromatic carbocycles. The van der Waals surface area contributed by atoms with Crippen LogP contribution in [-0.2, 0) is 11.3 Å². The van der Waals surface area contributed by atoms with E-state index in [-0.39, 0.29) is 5.69 Å². The fraction of sp³-hybridized carbons (Fsp3) is 0.188. The lowest BCUT2D eigenvalue weighted by atomic mass is 10.1. The van der Waals surface area contributed by atoms with Crippen LogP contribution in [0, 0.1) is 5.82 Å². The lowest BCUT2D eigenvalue weighted by molar-refractivity contribution is 0.0600. The summed E-state index contributed by atoms with van der Waals surface area (Å²) in [7, 11) is 2.88. The highest BCUT2D eigenvalue weighted by Crippen LogP contribution is 2.19. The predicted octanol–water partition coefficient (Wildman–Crippen LogP) is 3.23. The Morgan fingerprint density at radius 2 is 2.00 bits per heavy atom. The summed E-state index contributed by atoms with van der Waals surface area (Å²) < 4.78 is 23.5. The van der Waals surface area contributed by atoms with Gasteiger partial charge in [0.15, 0.2) is 0 Å². The summed E-state index contributed by atoms with van der Waals surface area (Å²) in [5.74, 6) is -0.192. The topological polar surface area (TPSA) is 47.6 Å². The van der Waals surface area contributed by atoms with Crippen LogP contribution in [0.3, 0.4) is 0 Å². The van der Waals surface area contributed by atoms with Crippen LogP contribution in [0.2, 0.25) is 0 Å². The standard InChI is InChI=1S/C16H16FNO3/c1-20-13-5-3-4-11(8-13)10-18-15-9-12(16(19)21-2)6-7-14(15)17/h3-9,18H,10H2,1-2H3. The average Bonchev–Trinajstić information content (AvgIpc) is 2.53. The van der Waals surface area contributed by atoms with Crippen molar-refractivity contribution in [3.8, 4) is 5.75 Å². The van der Waals surface area contributed by atoms with Gasteiger partial charge in [-0.25, -0.2) is 9.18 Å².